The van der Waals surface area contributed by atoms with Crippen LogP contribution in [0.2, 0.25) is 0 Å². The number of sulfonamides is 1. The Balaban J connectivity index is 1.69. The molecule has 28 heavy (non-hydrogen) atoms. The van der Waals surface area contributed by atoms with E-state index in [1.165, 1.54) is 24.3 Å². The second kappa shape index (κ2) is 8.22. The molecule has 2 N–H and O–H groups in total. The fourth-order valence-electron chi connectivity index (χ4n) is 2.69. The smallest absolute Gasteiger partial charge is 0.261 e. The van der Waals surface area contributed by atoms with Crippen LogP contribution in [0.25, 0.3) is 0 Å². The first-order valence-electron chi connectivity index (χ1n) is 8.73. The van der Waals surface area contributed by atoms with Crippen LogP contribution in [0.3, 0.4) is 0 Å². The topological polar surface area (TPSA) is 88.2 Å². The third-order valence-electron chi connectivity index (χ3n) is 4.21. The van der Waals surface area contributed by atoms with Gasteiger partial charge in [0.05, 0.1) is 22.8 Å². The second-order valence-corrected chi connectivity index (χ2v) is 8.13. The van der Waals surface area contributed by atoms with Crippen LogP contribution in [-0.4, -0.2) is 19.3 Å². The molecular weight excluding hydrogens is 374 g/mol. The van der Waals surface area contributed by atoms with Gasteiger partial charge < -0.3 is 5.32 Å². The van der Waals surface area contributed by atoms with Crippen molar-refractivity contribution in [2.45, 2.75) is 25.3 Å². The molecule has 3 rings (SSSR count). The van der Waals surface area contributed by atoms with Gasteiger partial charge in [-0.3, -0.25) is 14.5 Å². The minimum absolute atomic E-state index is 0.0914. The molecule has 0 unspecified atom stereocenters. The zero-order valence-electron chi connectivity index (χ0n) is 15.6. The van der Waals surface area contributed by atoms with Gasteiger partial charge in [-0.05, 0) is 61.9 Å². The van der Waals surface area contributed by atoms with Gasteiger partial charge in [0.1, 0.15) is 0 Å². The first-order valence-corrected chi connectivity index (χ1v) is 10.2. The molecule has 0 aliphatic carbocycles. The van der Waals surface area contributed by atoms with Gasteiger partial charge >= 0.3 is 0 Å². The molecule has 6 nitrogen and oxygen atoms in total. The van der Waals surface area contributed by atoms with Crippen LogP contribution >= 0.6 is 0 Å². The number of rotatable bonds is 6. The van der Waals surface area contributed by atoms with Crippen LogP contribution in [0.4, 0.5) is 5.69 Å². The molecule has 1 amide bonds. The number of aromatic nitrogens is 1. The van der Waals surface area contributed by atoms with Crippen LogP contribution in [0.15, 0.2) is 71.8 Å². The molecule has 0 spiro atoms. The molecule has 144 valence electrons. The van der Waals surface area contributed by atoms with Gasteiger partial charge in [-0.2, -0.15) is 0 Å². The summed E-state index contributed by atoms with van der Waals surface area (Å²) in [5.74, 6) is -0.295. The predicted molar refractivity (Wildman–Crippen MR) is 109 cm³/mol. The van der Waals surface area contributed by atoms with E-state index in [-0.39, 0.29) is 10.8 Å². The summed E-state index contributed by atoms with van der Waals surface area (Å²) in [5.41, 5.74) is 3.55. The number of hydrogen-bond donors (Lipinski definition) is 2. The van der Waals surface area contributed by atoms with E-state index >= 15 is 0 Å². The number of benzene rings is 2. The third kappa shape index (κ3) is 4.75. The highest BCUT2D eigenvalue weighted by Crippen LogP contribution is 2.21. The molecule has 0 radical (unpaired) electrons. The SMILES string of the molecule is Cc1ccc(NS(=O)(=O)c2ccc(C(=O)NCc3ccccn3)cc2)c(C)c1. The fourth-order valence-corrected chi connectivity index (χ4v) is 3.82. The molecule has 3 aromatic rings. The summed E-state index contributed by atoms with van der Waals surface area (Å²) >= 11 is 0. The summed E-state index contributed by atoms with van der Waals surface area (Å²) in [7, 11) is -3.74. The van der Waals surface area contributed by atoms with Crippen molar-refractivity contribution < 1.29 is 13.2 Å². The number of carbonyl (C=O) groups excluding carboxylic acids is 1. The summed E-state index contributed by atoms with van der Waals surface area (Å²) in [6.45, 7) is 4.09. The highest BCUT2D eigenvalue weighted by molar-refractivity contribution is 7.92. The summed E-state index contributed by atoms with van der Waals surface area (Å²) in [6.07, 6.45) is 1.66. The van der Waals surface area contributed by atoms with E-state index in [1.807, 2.05) is 38.1 Å². The predicted octanol–water partition coefficient (Wildman–Crippen LogP) is 3.43. The Hall–Kier alpha value is -3.19. The van der Waals surface area contributed by atoms with Crippen molar-refractivity contribution in [3.63, 3.8) is 0 Å². The molecule has 2 aromatic carbocycles. The zero-order chi connectivity index (χ0) is 20.1. The molecule has 0 fully saturated rings. The van der Waals surface area contributed by atoms with E-state index in [9.17, 15) is 13.2 Å². The number of hydrogen-bond acceptors (Lipinski definition) is 4. The largest absolute Gasteiger partial charge is 0.346 e. The average molecular weight is 395 g/mol. The minimum Gasteiger partial charge on any atom is -0.346 e. The quantitative estimate of drug-likeness (QED) is 0.669. The van der Waals surface area contributed by atoms with E-state index in [0.717, 1.165) is 16.8 Å². The number of nitrogens with one attached hydrogen (secondary N) is 2. The summed E-state index contributed by atoms with van der Waals surface area (Å²) in [5, 5.41) is 2.76. The Kier molecular flexibility index (Phi) is 5.75. The Morgan fingerprint density at radius 2 is 1.75 bits per heavy atom. The van der Waals surface area contributed by atoms with Crippen molar-refractivity contribution in [3.8, 4) is 0 Å². The number of carbonyl (C=O) groups is 1. The van der Waals surface area contributed by atoms with E-state index in [1.54, 1.807) is 18.3 Å². The maximum atomic E-state index is 12.6. The lowest BCUT2D eigenvalue weighted by molar-refractivity contribution is 0.0950. The third-order valence-corrected chi connectivity index (χ3v) is 5.59. The van der Waals surface area contributed by atoms with E-state index < -0.39 is 10.0 Å². The first kappa shape index (κ1) is 19.6. The Morgan fingerprint density at radius 3 is 2.39 bits per heavy atom. The van der Waals surface area contributed by atoms with Gasteiger partial charge in [0.2, 0.25) is 0 Å². The lowest BCUT2D eigenvalue weighted by Gasteiger charge is -2.11. The molecule has 0 saturated heterocycles. The minimum atomic E-state index is -3.74. The number of nitrogens with zero attached hydrogens (tertiary/aromatic N) is 1. The van der Waals surface area contributed by atoms with Crippen molar-refractivity contribution in [2.75, 3.05) is 4.72 Å². The monoisotopic (exact) mass is 395 g/mol. The van der Waals surface area contributed by atoms with Gasteiger partial charge in [-0.15, -0.1) is 0 Å². The fraction of sp³-hybridized carbons (Fsp3) is 0.143. The maximum Gasteiger partial charge on any atom is 0.261 e. The summed E-state index contributed by atoms with van der Waals surface area (Å²) in [4.78, 5) is 16.5. The van der Waals surface area contributed by atoms with Crippen LogP contribution in [0, 0.1) is 13.8 Å². The van der Waals surface area contributed by atoms with Gasteiger partial charge in [0.15, 0.2) is 0 Å². The molecule has 0 saturated carbocycles. The van der Waals surface area contributed by atoms with Crippen molar-refractivity contribution in [3.05, 3.63) is 89.2 Å². The van der Waals surface area contributed by atoms with E-state index in [2.05, 4.69) is 15.0 Å². The number of anilines is 1. The number of amides is 1. The Labute approximate surface area is 164 Å². The Bertz CT molecular complexity index is 1080. The van der Waals surface area contributed by atoms with Gasteiger partial charge in [0.25, 0.3) is 15.9 Å². The van der Waals surface area contributed by atoms with Crippen molar-refractivity contribution in [1.29, 1.82) is 0 Å². The number of pyridine rings is 1. The van der Waals surface area contributed by atoms with Crippen LogP contribution in [-0.2, 0) is 16.6 Å². The number of aryl methyl sites for hydroxylation is 2. The average Bonchev–Trinajstić information content (AvgIpc) is 2.69. The molecule has 0 aliphatic heterocycles. The molecule has 0 aliphatic rings. The summed E-state index contributed by atoms with van der Waals surface area (Å²) < 4.78 is 27.8. The van der Waals surface area contributed by atoms with Crippen molar-refractivity contribution in [1.82, 2.24) is 10.3 Å². The highest BCUT2D eigenvalue weighted by atomic mass is 32.2. The standard InChI is InChI=1S/C21H21N3O3S/c1-15-6-11-20(16(2)13-15)24-28(26,27)19-9-7-17(8-10-19)21(25)23-14-18-5-3-4-12-22-18/h3-13,24H,14H2,1-2H3,(H,23,25). The maximum absolute atomic E-state index is 12.6. The van der Waals surface area contributed by atoms with Crippen LogP contribution < -0.4 is 10.0 Å². The molecule has 0 atom stereocenters. The lowest BCUT2D eigenvalue weighted by atomic mass is 10.1. The van der Waals surface area contributed by atoms with Gasteiger partial charge in [0, 0.05) is 11.8 Å². The molecule has 1 heterocycles. The first-order chi connectivity index (χ1) is 13.3. The molecule has 1 aromatic heterocycles. The molecule has 0 bridgehead atoms. The second-order valence-electron chi connectivity index (χ2n) is 6.45. The highest BCUT2D eigenvalue weighted by Gasteiger charge is 2.16. The normalized spacial score (nSPS) is 11.1. The van der Waals surface area contributed by atoms with Gasteiger partial charge in [-0.1, -0.05) is 23.8 Å². The van der Waals surface area contributed by atoms with Crippen LogP contribution in [0.1, 0.15) is 27.2 Å². The molecule has 7 heteroatoms. The van der Waals surface area contributed by atoms with E-state index in [4.69, 9.17) is 0 Å². The van der Waals surface area contributed by atoms with Gasteiger partial charge in [-0.25, -0.2) is 8.42 Å². The molecular formula is C21H21N3O3S. The van der Waals surface area contributed by atoms with Crippen LogP contribution in [0.5, 0.6) is 0 Å². The van der Waals surface area contributed by atoms with E-state index in [0.29, 0.717) is 17.8 Å². The summed E-state index contributed by atoms with van der Waals surface area (Å²) in [6, 6.07) is 16.8. The van der Waals surface area contributed by atoms with Crippen molar-refractivity contribution in [2.24, 2.45) is 0 Å². The lowest BCUT2D eigenvalue weighted by Crippen LogP contribution is -2.23. The van der Waals surface area contributed by atoms with Crippen molar-refractivity contribution >= 4 is 21.6 Å². The zero-order valence-corrected chi connectivity index (χ0v) is 16.5. The Morgan fingerprint density at radius 1 is 1.00 bits per heavy atom.